The van der Waals surface area contributed by atoms with E-state index in [1.807, 2.05) is 6.07 Å². The number of phenols is 1. The zero-order valence-electron chi connectivity index (χ0n) is 8.73. The van der Waals surface area contributed by atoms with Gasteiger partial charge in [0.15, 0.2) is 0 Å². The number of thiol groups is 1. The van der Waals surface area contributed by atoms with E-state index in [1.54, 1.807) is 6.92 Å². The molecule has 0 spiro atoms. The first-order valence-electron chi connectivity index (χ1n) is 4.69. The Labute approximate surface area is 98.9 Å². The lowest BCUT2D eigenvalue weighted by Gasteiger charge is -2.07. The number of hydrogen-bond donors (Lipinski definition) is 2. The summed E-state index contributed by atoms with van der Waals surface area (Å²) in [4.78, 5) is 11.5. The summed E-state index contributed by atoms with van der Waals surface area (Å²) in [5, 5.41) is 18.4. The molecule has 1 aromatic carbocycles. The van der Waals surface area contributed by atoms with Gasteiger partial charge in [0.2, 0.25) is 0 Å². The Kier molecular flexibility index (Phi) is 4.20. The molecule has 0 saturated heterocycles. The van der Waals surface area contributed by atoms with Crippen LogP contribution in [0.5, 0.6) is 5.75 Å². The Balaban J connectivity index is 3.00. The van der Waals surface area contributed by atoms with E-state index in [1.165, 1.54) is 12.1 Å². The molecule has 84 valence electrons. The first kappa shape index (κ1) is 12.4. The summed E-state index contributed by atoms with van der Waals surface area (Å²) in [6, 6.07) is 4.82. The molecule has 4 nitrogen and oxygen atoms in total. The molecule has 1 rings (SSSR count). The summed E-state index contributed by atoms with van der Waals surface area (Å²) >= 11 is 4.01. The van der Waals surface area contributed by atoms with Crippen molar-refractivity contribution >= 4 is 18.6 Å². The third-order valence-electron chi connectivity index (χ3n) is 1.94. The van der Waals surface area contributed by atoms with Crippen LogP contribution in [0.1, 0.15) is 18.1 Å². The van der Waals surface area contributed by atoms with Crippen LogP contribution in [0, 0.1) is 11.3 Å². The molecule has 0 aliphatic carbocycles. The monoisotopic (exact) mass is 237 g/mol. The fourth-order valence-electron chi connectivity index (χ4n) is 1.24. The lowest BCUT2D eigenvalue weighted by Crippen LogP contribution is -2.08. The summed E-state index contributed by atoms with van der Waals surface area (Å²) in [6.45, 7) is 1.98. The second-order valence-electron chi connectivity index (χ2n) is 3.10. The number of aromatic hydroxyl groups is 1. The Morgan fingerprint density at radius 2 is 2.31 bits per heavy atom. The molecular formula is C11H11NO3S. The normalized spacial score (nSPS) is 9.56. The Morgan fingerprint density at radius 1 is 1.62 bits per heavy atom. The standard InChI is InChI=1S/C11H11NO3S/c1-2-15-10(13)5-8-3-7(6-12)4-9(16)11(8)14/h3-4,14,16H,2,5H2,1H3. The van der Waals surface area contributed by atoms with E-state index in [-0.39, 0.29) is 23.7 Å². The summed E-state index contributed by atoms with van der Waals surface area (Å²) in [7, 11) is 0. The van der Waals surface area contributed by atoms with Crippen LogP contribution < -0.4 is 0 Å². The number of ether oxygens (including phenoxy) is 1. The predicted octanol–water partition coefficient (Wildman–Crippen LogP) is 1.66. The SMILES string of the molecule is CCOC(=O)Cc1cc(C#N)cc(S)c1O. The average Bonchev–Trinajstić information content (AvgIpc) is 2.24. The van der Waals surface area contributed by atoms with Gasteiger partial charge in [-0.05, 0) is 19.1 Å². The van der Waals surface area contributed by atoms with Gasteiger partial charge in [0.1, 0.15) is 5.75 Å². The Hall–Kier alpha value is -1.67. The fourth-order valence-corrected chi connectivity index (χ4v) is 1.53. The highest BCUT2D eigenvalue weighted by atomic mass is 32.1. The smallest absolute Gasteiger partial charge is 0.310 e. The molecule has 1 aromatic rings. The van der Waals surface area contributed by atoms with Crippen molar-refractivity contribution < 1.29 is 14.6 Å². The minimum atomic E-state index is -0.444. The van der Waals surface area contributed by atoms with Gasteiger partial charge in [-0.25, -0.2) is 0 Å². The van der Waals surface area contributed by atoms with Crippen molar-refractivity contribution in [3.63, 3.8) is 0 Å². The Morgan fingerprint density at radius 3 is 2.88 bits per heavy atom. The van der Waals surface area contributed by atoms with Gasteiger partial charge in [-0.2, -0.15) is 5.26 Å². The maximum atomic E-state index is 11.2. The number of esters is 1. The van der Waals surface area contributed by atoms with Crippen LogP contribution in [0.15, 0.2) is 17.0 Å². The fraction of sp³-hybridized carbons (Fsp3) is 0.273. The van der Waals surface area contributed by atoms with E-state index >= 15 is 0 Å². The molecule has 1 N–H and O–H groups in total. The number of benzene rings is 1. The van der Waals surface area contributed by atoms with E-state index in [4.69, 9.17) is 10.00 Å². The number of carbonyl (C=O) groups excluding carboxylic acids is 1. The lowest BCUT2D eigenvalue weighted by atomic mass is 10.1. The summed E-state index contributed by atoms with van der Waals surface area (Å²) in [5.74, 6) is -0.531. The third-order valence-corrected chi connectivity index (χ3v) is 2.28. The molecule has 0 heterocycles. The third kappa shape index (κ3) is 2.91. The van der Waals surface area contributed by atoms with Crippen LogP contribution in [-0.2, 0) is 16.0 Å². The molecule has 0 bridgehead atoms. The molecule has 0 unspecified atom stereocenters. The molecule has 16 heavy (non-hydrogen) atoms. The van der Waals surface area contributed by atoms with Crippen molar-refractivity contribution in [2.24, 2.45) is 0 Å². The molecule has 0 radical (unpaired) electrons. The molecule has 0 aliphatic heterocycles. The van der Waals surface area contributed by atoms with Gasteiger partial charge in [-0.1, -0.05) is 0 Å². The minimum Gasteiger partial charge on any atom is -0.506 e. The number of carbonyl (C=O) groups is 1. The van der Waals surface area contributed by atoms with Gasteiger partial charge in [0.05, 0.1) is 24.7 Å². The molecular weight excluding hydrogens is 226 g/mol. The van der Waals surface area contributed by atoms with E-state index in [0.29, 0.717) is 11.1 Å². The maximum absolute atomic E-state index is 11.2. The van der Waals surface area contributed by atoms with Gasteiger partial charge in [-0.15, -0.1) is 12.6 Å². The lowest BCUT2D eigenvalue weighted by molar-refractivity contribution is -0.142. The first-order valence-corrected chi connectivity index (χ1v) is 5.13. The first-order chi connectivity index (χ1) is 7.58. The van der Waals surface area contributed by atoms with Crippen LogP contribution in [0.3, 0.4) is 0 Å². The second kappa shape index (κ2) is 5.42. The van der Waals surface area contributed by atoms with E-state index in [9.17, 15) is 9.90 Å². The number of nitriles is 1. The average molecular weight is 237 g/mol. The van der Waals surface area contributed by atoms with Crippen molar-refractivity contribution in [1.29, 1.82) is 5.26 Å². The molecule has 0 amide bonds. The number of rotatable bonds is 3. The van der Waals surface area contributed by atoms with E-state index in [0.717, 1.165) is 0 Å². The summed E-state index contributed by atoms with van der Waals surface area (Å²) in [6.07, 6.45) is -0.0667. The van der Waals surface area contributed by atoms with E-state index < -0.39 is 5.97 Å². The van der Waals surface area contributed by atoms with Gasteiger partial charge < -0.3 is 9.84 Å². The van der Waals surface area contributed by atoms with Crippen LogP contribution in [0.4, 0.5) is 0 Å². The minimum absolute atomic E-state index is 0.0667. The van der Waals surface area contributed by atoms with Crippen LogP contribution in [0.25, 0.3) is 0 Å². The quantitative estimate of drug-likeness (QED) is 0.619. The van der Waals surface area contributed by atoms with Crippen molar-refractivity contribution in [3.05, 3.63) is 23.3 Å². The second-order valence-corrected chi connectivity index (χ2v) is 3.58. The largest absolute Gasteiger partial charge is 0.506 e. The van der Waals surface area contributed by atoms with Crippen LogP contribution in [0.2, 0.25) is 0 Å². The number of hydrogen-bond acceptors (Lipinski definition) is 5. The highest BCUT2D eigenvalue weighted by molar-refractivity contribution is 7.80. The van der Waals surface area contributed by atoms with Crippen molar-refractivity contribution in [2.75, 3.05) is 6.61 Å². The molecule has 0 aromatic heterocycles. The zero-order chi connectivity index (χ0) is 12.1. The number of phenolic OH excluding ortho intramolecular Hbond substituents is 1. The molecule has 5 heteroatoms. The highest BCUT2D eigenvalue weighted by Gasteiger charge is 2.12. The topological polar surface area (TPSA) is 70.3 Å². The zero-order valence-corrected chi connectivity index (χ0v) is 9.62. The van der Waals surface area contributed by atoms with Gasteiger partial charge in [0.25, 0.3) is 0 Å². The van der Waals surface area contributed by atoms with Crippen molar-refractivity contribution in [3.8, 4) is 11.8 Å². The van der Waals surface area contributed by atoms with Gasteiger partial charge in [-0.3, -0.25) is 4.79 Å². The molecule has 0 saturated carbocycles. The van der Waals surface area contributed by atoms with Gasteiger partial charge >= 0.3 is 5.97 Å². The summed E-state index contributed by atoms with van der Waals surface area (Å²) in [5.41, 5.74) is 0.699. The summed E-state index contributed by atoms with van der Waals surface area (Å²) < 4.78 is 4.76. The molecule has 0 atom stereocenters. The van der Waals surface area contributed by atoms with Crippen molar-refractivity contribution in [1.82, 2.24) is 0 Å². The van der Waals surface area contributed by atoms with Crippen LogP contribution >= 0.6 is 12.6 Å². The molecule has 0 aliphatic rings. The maximum Gasteiger partial charge on any atom is 0.310 e. The molecule has 0 fully saturated rings. The van der Waals surface area contributed by atoms with Gasteiger partial charge in [0, 0.05) is 10.5 Å². The van der Waals surface area contributed by atoms with E-state index in [2.05, 4.69) is 12.6 Å². The predicted molar refractivity (Wildman–Crippen MR) is 60.4 cm³/mol. The Bertz CT molecular complexity index is 451. The van der Waals surface area contributed by atoms with Crippen LogP contribution in [-0.4, -0.2) is 17.7 Å². The number of nitrogens with zero attached hydrogens (tertiary/aromatic N) is 1. The van der Waals surface area contributed by atoms with Crippen molar-refractivity contribution in [2.45, 2.75) is 18.2 Å². The highest BCUT2D eigenvalue weighted by Crippen LogP contribution is 2.28.